The second-order valence-corrected chi connectivity index (χ2v) is 6.57. The maximum absolute atomic E-state index is 12.3. The zero-order valence-corrected chi connectivity index (χ0v) is 13.8. The van der Waals surface area contributed by atoms with Gasteiger partial charge in [-0.2, -0.15) is 0 Å². The zero-order chi connectivity index (χ0) is 15.5. The van der Waals surface area contributed by atoms with E-state index >= 15 is 0 Å². The summed E-state index contributed by atoms with van der Waals surface area (Å²) < 4.78 is 5.13. The van der Waals surface area contributed by atoms with Crippen molar-refractivity contribution in [2.45, 2.75) is 0 Å². The molecule has 0 unspecified atom stereocenters. The molecule has 4 nitrogen and oxygen atoms in total. The first kappa shape index (κ1) is 14.9. The van der Waals surface area contributed by atoms with Crippen LogP contribution in [0.25, 0.3) is 6.08 Å². The predicted octanol–water partition coefficient (Wildman–Crippen LogP) is 3.99. The van der Waals surface area contributed by atoms with Gasteiger partial charge in [-0.1, -0.05) is 6.07 Å². The van der Waals surface area contributed by atoms with Gasteiger partial charge in [-0.3, -0.25) is 9.69 Å². The molecule has 1 amide bonds. The Bertz CT molecular complexity index is 734. The molecule has 3 rings (SSSR count). The van der Waals surface area contributed by atoms with Crippen molar-refractivity contribution in [1.29, 1.82) is 0 Å². The molecule has 1 aromatic heterocycles. The van der Waals surface area contributed by atoms with Crippen molar-refractivity contribution in [2.24, 2.45) is 4.99 Å². The fourth-order valence-electron chi connectivity index (χ4n) is 1.92. The number of thioether (sulfide) groups is 1. The Kier molecular flexibility index (Phi) is 4.31. The fourth-order valence-corrected chi connectivity index (χ4v) is 3.63. The van der Waals surface area contributed by atoms with E-state index in [0.717, 1.165) is 16.3 Å². The monoisotopic (exact) mass is 330 g/mol. The van der Waals surface area contributed by atoms with E-state index in [1.807, 2.05) is 47.9 Å². The summed E-state index contributed by atoms with van der Waals surface area (Å²) in [6.07, 6.45) is 1.91. The first-order valence-electron chi connectivity index (χ1n) is 6.61. The summed E-state index contributed by atoms with van der Waals surface area (Å²) in [7, 11) is 3.37. The van der Waals surface area contributed by atoms with Crippen molar-refractivity contribution >= 4 is 45.9 Å². The van der Waals surface area contributed by atoms with Crippen LogP contribution in [0, 0.1) is 0 Å². The summed E-state index contributed by atoms with van der Waals surface area (Å²) in [4.78, 5) is 20.1. The summed E-state index contributed by atoms with van der Waals surface area (Å²) >= 11 is 3.00. The number of hydrogen-bond acceptors (Lipinski definition) is 5. The van der Waals surface area contributed by atoms with E-state index in [9.17, 15) is 4.79 Å². The third-order valence-electron chi connectivity index (χ3n) is 3.12. The lowest BCUT2D eigenvalue weighted by Crippen LogP contribution is -2.23. The molecule has 6 heteroatoms. The molecule has 1 aromatic carbocycles. The number of ether oxygens (including phenoxy) is 1. The Hall–Kier alpha value is -2.05. The minimum Gasteiger partial charge on any atom is -0.497 e. The van der Waals surface area contributed by atoms with Crippen LogP contribution < -0.4 is 4.74 Å². The van der Waals surface area contributed by atoms with E-state index in [4.69, 9.17) is 4.74 Å². The van der Waals surface area contributed by atoms with E-state index < -0.39 is 0 Å². The molecule has 1 aliphatic heterocycles. The predicted molar refractivity (Wildman–Crippen MR) is 92.7 cm³/mol. The molecule has 0 bridgehead atoms. The summed E-state index contributed by atoms with van der Waals surface area (Å²) in [5.74, 6) is 0.761. The molecule has 112 valence electrons. The van der Waals surface area contributed by atoms with Gasteiger partial charge >= 0.3 is 0 Å². The number of benzene rings is 1. The van der Waals surface area contributed by atoms with Crippen molar-refractivity contribution < 1.29 is 9.53 Å². The van der Waals surface area contributed by atoms with E-state index in [1.165, 1.54) is 11.8 Å². The Morgan fingerprint density at radius 3 is 2.64 bits per heavy atom. The van der Waals surface area contributed by atoms with Gasteiger partial charge in [0.1, 0.15) is 5.75 Å². The first-order valence-corrected chi connectivity index (χ1v) is 8.31. The topological polar surface area (TPSA) is 41.9 Å². The molecule has 0 N–H and O–H groups in total. The summed E-state index contributed by atoms with van der Waals surface area (Å²) in [6.45, 7) is 0. The van der Waals surface area contributed by atoms with Crippen molar-refractivity contribution in [2.75, 3.05) is 14.2 Å². The van der Waals surface area contributed by atoms with E-state index in [0.29, 0.717) is 10.1 Å². The van der Waals surface area contributed by atoms with Gasteiger partial charge in [0.05, 0.1) is 17.7 Å². The number of rotatable bonds is 3. The number of amidine groups is 1. The molecular formula is C16H14N2O2S2. The highest BCUT2D eigenvalue weighted by molar-refractivity contribution is 8.18. The zero-order valence-electron chi connectivity index (χ0n) is 12.1. The number of amides is 1. The quantitative estimate of drug-likeness (QED) is 0.799. The van der Waals surface area contributed by atoms with E-state index in [-0.39, 0.29) is 5.91 Å². The molecule has 2 heterocycles. The van der Waals surface area contributed by atoms with Gasteiger partial charge in [-0.25, -0.2) is 4.99 Å². The maximum atomic E-state index is 12.3. The minimum atomic E-state index is -0.0225. The highest BCUT2D eigenvalue weighted by atomic mass is 32.2. The minimum absolute atomic E-state index is 0.0225. The lowest BCUT2D eigenvalue weighted by atomic mass is 10.3. The summed E-state index contributed by atoms with van der Waals surface area (Å²) in [5, 5.41) is 2.67. The average molecular weight is 330 g/mol. The van der Waals surface area contributed by atoms with Gasteiger partial charge in [0.15, 0.2) is 5.17 Å². The standard InChI is InChI=1S/C16H14N2O2S2/c1-18-15(19)14(10-13-4-3-9-21-13)22-16(18)17-11-5-7-12(20-2)8-6-11/h3-10H,1-2H3/b14-10+,17-16?. The number of thiophene rings is 1. The van der Waals surface area contributed by atoms with Gasteiger partial charge < -0.3 is 4.74 Å². The van der Waals surface area contributed by atoms with Crippen LogP contribution in [0.4, 0.5) is 5.69 Å². The van der Waals surface area contributed by atoms with Crippen LogP contribution >= 0.6 is 23.1 Å². The second-order valence-electron chi connectivity index (χ2n) is 4.58. The molecule has 0 radical (unpaired) electrons. The Balaban J connectivity index is 1.85. The number of carbonyl (C=O) groups excluding carboxylic acids is 1. The van der Waals surface area contributed by atoms with Crippen LogP contribution in [0.1, 0.15) is 4.88 Å². The number of likely N-dealkylation sites (N-methyl/N-ethyl adjacent to an activating group) is 1. The lowest BCUT2D eigenvalue weighted by molar-refractivity contribution is -0.121. The SMILES string of the molecule is COc1ccc(N=C2S/C(=C/c3cccs3)C(=O)N2C)cc1. The highest BCUT2D eigenvalue weighted by Gasteiger charge is 2.30. The number of hydrogen-bond donors (Lipinski definition) is 0. The van der Waals surface area contributed by atoms with Crippen molar-refractivity contribution in [3.8, 4) is 5.75 Å². The van der Waals surface area contributed by atoms with Crippen LogP contribution in [0.3, 0.4) is 0 Å². The van der Waals surface area contributed by atoms with Gasteiger partial charge in [0.25, 0.3) is 5.91 Å². The van der Waals surface area contributed by atoms with Crippen molar-refractivity contribution in [3.05, 3.63) is 51.6 Å². The summed E-state index contributed by atoms with van der Waals surface area (Å²) in [5.41, 5.74) is 0.792. The van der Waals surface area contributed by atoms with Crippen LogP contribution in [0.2, 0.25) is 0 Å². The maximum Gasteiger partial charge on any atom is 0.266 e. The molecule has 0 aliphatic carbocycles. The van der Waals surface area contributed by atoms with E-state index in [2.05, 4.69) is 4.99 Å². The fraction of sp³-hybridized carbons (Fsp3) is 0.125. The Morgan fingerprint density at radius 1 is 1.23 bits per heavy atom. The van der Waals surface area contributed by atoms with Crippen LogP contribution in [0.15, 0.2) is 51.7 Å². The number of methoxy groups -OCH3 is 1. The Labute approximate surface area is 137 Å². The molecule has 0 saturated carbocycles. The van der Waals surface area contributed by atoms with Gasteiger partial charge in [-0.05, 0) is 53.5 Å². The van der Waals surface area contributed by atoms with Gasteiger partial charge in [0, 0.05) is 11.9 Å². The molecule has 0 atom stereocenters. The van der Waals surface area contributed by atoms with Crippen LogP contribution in [0.5, 0.6) is 5.75 Å². The summed E-state index contributed by atoms with van der Waals surface area (Å²) in [6, 6.07) is 11.4. The van der Waals surface area contributed by atoms with Gasteiger partial charge in [-0.15, -0.1) is 11.3 Å². The first-order chi connectivity index (χ1) is 10.7. The van der Waals surface area contributed by atoms with Crippen LogP contribution in [-0.4, -0.2) is 30.1 Å². The number of aliphatic imine (C=N–C) groups is 1. The smallest absolute Gasteiger partial charge is 0.266 e. The third-order valence-corrected chi connectivity index (χ3v) is 5.00. The molecule has 1 fully saturated rings. The highest BCUT2D eigenvalue weighted by Crippen LogP contribution is 2.33. The molecule has 1 saturated heterocycles. The number of carbonyl (C=O) groups is 1. The normalized spacial score (nSPS) is 18.5. The lowest BCUT2D eigenvalue weighted by Gasteiger charge is -2.07. The second kappa shape index (κ2) is 6.37. The van der Waals surface area contributed by atoms with Gasteiger partial charge in [0.2, 0.25) is 0 Å². The number of nitrogens with zero attached hydrogens (tertiary/aromatic N) is 2. The molecule has 2 aromatic rings. The molecule has 0 spiro atoms. The molecule has 1 aliphatic rings. The van der Waals surface area contributed by atoms with Crippen molar-refractivity contribution in [1.82, 2.24) is 4.90 Å². The van der Waals surface area contributed by atoms with Crippen molar-refractivity contribution in [3.63, 3.8) is 0 Å². The molecular weight excluding hydrogens is 316 g/mol. The largest absolute Gasteiger partial charge is 0.497 e. The average Bonchev–Trinajstić information content (AvgIpc) is 3.13. The Morgan fingerprint density at radius 2 is 2.00 bits per heavy atom. The molecule has 22 heavy (non-hydrogen) atoms. The van der Waals surface area contributed by atoms with E-state index in [1.54, 1.807) is 30.4 Å². The van der Waals surface area contributed by atoms with Crippen LogP contribution in [-0.2, 0) is 4.79 Å². The third kappa shape index (κ3) is 3.08.